The summed E-state index contributed by atoms with van der Waals surface area (Å²) in [6, 6.07) is 19.4. The Labute approximate surface area is 127 Å². The molecule has 0 heterocycles. The Hall–Kier alpha value is -2.69. The zero-order valence-electron chi connectivity index (χ0n) is 11.0. The number of nitrogens with zero attached hydrogens (tertiary/aromatic N) is 4. The van der Waals surface area contributed by atoms with Gasteiger partial charge in [-0.3, -0.25) is 0 Å². The van der Waals surface area contributed by atoms with Gasteiger partial charge in [-0.15, -0.1) is 0 Å². The number of hydrogen-bond donors (Lipinski definition) is 0. The molecule has 0 fully saturated rings. The van der Waals surface area contributed by atoms with Crippen LogP contribution < -0.4 is 0 Å². The molecule has 2 rings (SSSR count). The minimum atomic E-state index is -0.893. The first-order chi connectivity index (χ1) is 10.2. The predicted octanol–water partition coefficient (Wildman–Crippen LogP) is 4.83. The monoisotopic (exact) mass is 294 g/mol. The molecule has 1 unspecified atom stereocenters. The summed E-state index contributed by atoms with van der Waals surface area (Å²) in [6.07, 6.45) is 0. The minimum absolute atomic E-state index is 0.555. The highest BCUT2D eigenvalue weighted by Crippen LogP contribution is 2.28. The standard InChI is InChI=1S/C16H11ClN4/c17-14-7-4-8-15(9-14)20-21-16(13(10-18)11-19)12-5-2-1-3-6-12/h1-9,13,16H. The first-order valence-corrected chi connectivity index (χ1v) is 6.63. The Morgan fingerprint density at radius 2 is 1.67 bits per heavy atom. The van der Waals surface area contributed by atoms with E-state index >= 15 is 0 Å². The molecule has 0 spiro atoms. The lowest BCUT2D eigenvalue weighted by molar-refractivity contribution is 0.612. The second-order valence-corrected chi connectivity index (χ2v) is 4.72. The van der Waals surface area contributed by atoms with Gasteiger partial charge in [0.1, 0.15) is 6.04 Å². The van der Waals surface area contributed by atoms with Crippen LogP contribution in [-0.4, -0.2) is 0 Å². The highest BCUT2D eigenvalue weighted by molar-refractivity contribution is 6.30. The molecule has 1 atom stereocenters. The predicted molar refractivity (Wildman–Crippen MR) is 79.9 cm³/mol. The second kappa shape index (κ2) is 7.19. The number of azo groups is 1. The number of rotatable bonds is 4. The molecule has 5 heteroatoms. The van der Waals surface area contributed by atoms with E-state index in [2.05, 4.69) is 10.2 Å². The molecule has 0 radical (unpaired) electrons. The van der Waals surface area contributed by atoms with Crippen LogP contribution in [0.2, 0.25) is 5.02 Å². The molecule has 0 amide bonds. The Morgan fingerprint density at radius 1 is 0.952 bits per heavy atom. The number of benzene rings is 2. The maximum atomic E-state index is 9.10. The van der Waals surface area contributed by atoms with E-state index in [0.717, 1.165) is 5.56 Å². The largest absolute Gasteiger partial charge is 0.197 e. The first kappa shape index (κ1) is 14.7. The quantitative estimate of drug-likeness (QED) is 0.758. The van der Waals surface area contributed by atoms with Gasteiger partial charge in [0.05, 0.1) is 17.8 Å². The SMILES string of the molecule is N#CC(C#N)C(N=Nc1cccc(Cl)c1)c1ccccc1. The summed E-state index contributed by atoms with van der Waals surface area (Å²) in [6.45, 7) is 0. The molecule has 0 saturated heterocycles. The Morgan fingerprint density at radius 3 is 2.29 bits per heavy atom. The summed E-state index contributed by atoms with van der Waals surface area (Å²) >= 11 is 5.89. The normalized spacial score (nSPS) is 12.0. The summed E-state index contributed by atoms with van der Waals surface area (Å²) in [4.78, 5) is 0. The van der Waals surface area contributed by atoms with Gasteiger partial charge < -0.3 is 0 Å². The van der Waals surface area contributed by atoms with Gasteiger partial charge in [-0.05, 0) is 23.8 Å². The van der Waals surface area contributed by atoms with E-state index in [4.69, 9.17) is 22.1 Å². The Bertz CT molecular complexity index is 699. The number of nitriles is 2. The van der Waals surface area contributed by atoms with Crippen LogP contribution in [0.4, 0.5) is 5.69 Å². The van der Waals surface area contributed by atoms with E-state index in [9.17, 15) is 0 Å². The van der Waals surface area contributed by atoms with Crippen molar-refractivity contribution in [2.75, 3.05) is 0 Å². The maximum absolute atomic E-state index is 9.10. The van der Waals surface area contributed by atoms with Crippen molar-refractivity contribution in [3.63, 3.8) is 0 Å². The second-order valence-electron chi connectivity index (χ2n) is 4.29. The van der Waals surface area contributed by atoms with Gasteiger partial charge in [0, 0.05) is 5.02 Å². The van der Waals surface area contributed by atoms with E-state index < -0.39 is 12.0 Å². The van der Waals surface area contributed by atoms with Gasteiger partial charge in [0.15, 0.2) is 5.92 Å². The van der Waals surface area contributed by atoms with Crippen LogP contribution in [-0.2, 0) is 0 Å². The van der Waals surface area contributed by atoms with Crippen LogP contribution in [0.1, 0.15) is 11.6 Å². The number of halogens is 1. The van der Waals surface area contributed by atoms with Crippen molar-refractivity contribution in [2.24, 2.45) is 16.1 Å². The van der Waals surface area contributed by atoms with E-state index in [0.29, 0.717) is 10.7 Å². The minimum Gasteiger partial charge on any atom is -0.197 e. The molecule has 0 aliphatic carbocycles. The summed E-state index contributed by atoms with van der Waals surface area (Å²) < 4.78 is 0. The topological polar surface area (TPSA) is 72.3 Å². The van der Waals surface area contributed by atoms with Crippen molar-refractivity contribution < 1.29 is 0 Å². The molecule has 0 N–H and O–H groups in total. The third kappa shape index (κ3) is 3.89. The van der Waals surface area contributed by atoms with E-state index in [1.165, 1.54) is 0 Å². The van der Waals surface area contributed by atoms with Gasteiger partial charge in [-0.1, -0.05) is 48.0 Å². The highest BCUT2D eigenvalue weighted by Gasteiger charge is 2.22. The summed E-state index contributed by atoms with van der Waals surface area (Å²) in [5.74, 6) is -0.893. The Kier molecular flexibility index (Phi) is 5.04. The lowest BCUT2D eigenvalue weighted by Gasteiger charge is -2.11. The molecular weight excluding hydrogens is 284 g/mol. The lowest BCUT2D eigenvalue weighted by Crippen LogP contribution is -2.06. The van der Waals surface area contributed by atoms with Crippen LogP contribution in [0.3, 0.4) is 0 Å². The van der Waals surface area contributed by atoms with Crippen molar-refractivity contribution >= 4 is 17.3 Å². The van der Waals surface area contributed by atoms with Crippen molar-refractivity contribution in [3.05, 3.63) is 65.2 Å². The maximum Gasteiger partial charge on any atom is 0.161 e. The van der Waals surface area contributed by atoms with Gasteiger partial charge in [0.2, 0.25) is 0 Å². The van der Waals surface area contributed by atoms with E-state index in [1.54, 1.807) is 24.3 Å². The molecular formula is C16H11ClN4. The summed E-state index contributed by atoms with van der Waals surface area (Å²) in [5.41, 5.74) is 1.36. The summed E-state index contributed by atoms with van der Waals surface area (Å²) in [7, 11) is 0. The molecule has 21 heavy (non-hydrogen) atoms. The molecule has 0 saturated carbocycles. The lowest BCUT2D eigenvalue weighted by atomic mass is 9.96. The van der Waals surface area contributed by atoms with Crippen LogP contribution in [0.25, 0.3) is 0 Å². The van der Waals surface area contributed by atoms with Crippen molar-refractivity contribution in [1.82, 2.24) is 0 Å². The molecule has 2 aromatic rings. The fraction of sp³-hybridized carbons (Fsp3) is 0.125. The molecule has 102 valence electrons. The zero-order chi connectivity index (χ0) is 15.1. The summed E-state index contributed by atoms with van der Waals surface area (Å²) in [5, 5.41) is 27.0. The number of hydrogen-bond acceptors (Lipinski definition) is 4. The average Bonchev–Trinajstić information content (AvgIpc) is 2.52. The average molecular weight is 295 g/mol. The van der Waals surface area contributed by atoms with E-state index in [1.807, 2.05) is 42.5 Å². The van der Waals surface area contributed by atoms with Gasteiger partial charge in [0.25, 0.3) is 0 Å². The molecule has 0 aromatic heterocycles. The van der Waals surface area contributed by atoms with Crippen LogP contribution in [0, 0.1) is 28.6 Å². The van der Waals surface area contributed by atoms with Crippen molar-refractivity contribution in [2.45, 2.75) is 6.04 Å². The van der Waals surface area contributed by atoms with Crippen LogP contribution in [0.5, 0.6) is 0 Å². The van der Waals surface area contributed by atoms with Crippen LogP contribution in [0.15, 0.2) is 64.8 Å². The van der Waals surface area contributed by atoms with Gasteiger partial charge >= 0.3 is 0 Å². The highest BCUT2D eigenvalue weighted by atomic mass is 35.5. The molecule has 2 aromatic carbocycles. The van der Waals surface area contributed by atoms with Gasteiger partial charge in [-0.2, -0.15) is 20.8 Å². The third-order valence-corrected chi connectivity index (χ3v) is 3.08. The van der Waals surface area contributed by atoms with Crippen molar-refractivity contribution in [3.8, 4) is 12.1 Å². The fourth-order valence-electron chi connectivity index (χ4n) is 1.81. The zero-order valence-corrected chi connectivity index (χ0v) is 11.8. The van der Waals surface area contributed by atoms with E-state index in [-0.39, 0.29) is 0 Å². The molecule has 0 aliphatic heterocycles. The Balaban J connectivity index is 2.33. The smallest absolute Gasteiger partial charge is 0.161 e. The van der Waals surface area contributed by atoms with Gasteiger partial charge in [-0.25, -0.2) is 0 Å². The third-order valence-electron chi connectivity index (χ3n) is 2.84. The van der Waals surface area contributed by atoms with Crippen molar-refractivity contribution in [1.29, 1.82) is 10.5 Å². The molecule has 4 nitrogen and oxygen atoms in total. The molecule has 0 aliphatic rings. The molecule has 0 bridgehead atoms. The fourth-order valence-corrected chi connectivity index (χ4v) is 2.00. The first-order valence-electron chi connectivity index (χ1n) is 6.25. The van der Waals surface area contributed by atoms with Crippen LogP contribution >= 0.6 is 11.6 Å².